The van der Waals surface area contributed by atoms with Gasteiger partial charge in [0.25, 0.3) is 5.91 Å². The molecule has 0 spiro atoms. The van der Waals surface area contributed by atoms with E-state index in [9.17, 15) is 4.79 Å². The summed E-state index contributed by atoms with van der Waals surface area (Å²) in [5.41, 5.74) is 4.54. The standard InChI is InChI=1S/C23H30N2O/c1-18-15-19(2)17-21(16-18)23(26)25-13-10-22(11-14-25)24(3)12-9-20-7-5-4-6-8-20/h4-8,15-17,22H,9-14H2,1-3H3. The number of aryl methyl sites for hydroxylation is 2. The molecule has 0 N–H and O–H groups in total. The van der Waals surface area contributed by atoms with Crippen LogP contribution in [0.5, 0.6) is 0 Å². The van der Waals surface area contributed by atoms with Crippen LogP contribution < -0.4 is 0 Å². The molecule has 3 heteroatoms. The first-order valence-corrected chi connectivity index (χ1v) is 9.64. The lowest BCUT2D eigenvalue weighted by Crippen LogP contribution is -2.46. The maximum absolute atomic E-state index is 12.8. The lowest BCUT2D eigenvalue weighted by atomic mass is 10.0. The van der Waals surface area contributed by atoms with Crippen molar-refractivity contribution >= 4 is 5.91 Å². The molecule has 0 unspecified atom stereocenters. The second-order valence-electron chi connectivity index (χ2n) is 7.62. The van der Waals surface area contributed by atoms with Gasteiger partial charge in [-0.2, -0.15) is 0 Å². The van der Waals surface area contributed by atoms with Crippen LogP contribution in [0.4, 0.5) is 0 Å². The van der Waals surface area contributed by atoms with Crippen LogP contribution in [-0.4, -0.2) is 48.4 Å². The summed E-state index contributed by atoms with van der Waals surface area (Å²) < 4.78 is 0. The van der Waals surface area contributed by atoms with Crippen LogP contribution in [0.3, 0.4) is 0 Å². The fourth-order valence-corrected chi connectivity index (χ4v) is 3.92. The van der Waals surface area contributed by atoms with E-state index < -0.39 is 0 Å². The average Bonchev–Trinajstić information content (AvgIpc) is 2.65. The van der Waals surface area contributed by atoms with Gasteiger partial charge in [-0.25, -0.2) is 0 Å². The van der Waals surface area contributed by atoms with Crippen molar-refractivity contribution in [1.29, 1.82) is 0 Å². The highest BCUT2D eigenvalue weighted by atomic mass is 16.2. The molecule has 2 aromatic rings. The fraction of sp³-hybridized carbons (Fsp3) is 0.435. The Kier molecular flexibility index (Phi) is 6.10. The zero-order valence-corrected chi connectivity index (χ0v) is 16.2. The van der Waals surface area contributed by atoms with Crippen LogP contribution in [0.2, 0.25) is 0 Å². The molecule has 1 fully saturated rings. The topological polar surface area (TPSA) is 23.6 Å². The number of benzene rings is 2. The zero-order chi connectivity index (χ0) is 18.5. The Morgan fingerprint density at radius 1 is 1.04 bits per heavy atom. The average molecular weight is 351 g/mol. The molecule has 0 atom stereocenters. The van der Waals surface area contributed by atoms with E-state index in [1.807, 2.05) is 17.0 Å². The summed E-state index contributed by atoms with van der Waals surface area (Å²) in [5.74, 6) is 0.183. The van der Waals surface area contributed by atoms with Gasteiger partial charge < -0.3 is 9.80 Å². The third-order valence-electron chi connectivity index (χ3n) is 5.44. The van der Waals surface area contributed by atoms with Gasteiger partial charge in [0.1, 0.15) is 0 Å². The van der Waals surface area contributed by atoms with Gasteiger partial charge in [0.15, 0.2) is 0 Å². The summed E-state index contributed by atoms with van der Waals surface area (Å²) in [4.78, 5) is 17.3. The molecule has 0 aliphatic carbocycles. The van der Waals surface area contributed by atoms with Gasteiger partial charge in [-0.3, -0.25) is 4.79 Å². The van der Waals surface area contributed by atoms with E-state index >= 15 is 0 Å². The number of hydrogen-bond acceptors (Lipinski definition) is 2. The largest absolute Gasteiger partial charge is 0.339 e. The minimum atomic E-state index is 0.183. The quantitative estimate of drug-likeness (QED) is 0.811. The number of carbonyl (C=O) groups excluding carboxylic acids is 1. The number of rotatable bonds is 5. The van der Waals surface area contributed by atoms with Crippen molar-refractivity contribution < 1.29 is 4.79 Å². The summed E-state index contributed by atoms with van der Waals surface area (Å²) in [5, 5.41) is 0. The maximum Gasteiger partial charge on any atom is 0.253 e. The molecular formula is C23H30N2O. The molecule has 0 bridgehead atoms. The third-order valence-corrected chi connectivity index (χ3v) is 5.44. The highest BCUT2D eigenvalue weighted by Gasteiger charge is 2.25. The van der Waals surface area contributed by atoms with Crippen LogP contribution in [-0.2, 0) is 6.42 Å². The van der Waals surface area contributed by atoms with Crippen LogP contribution in [0.15, 0.2) is 48.5 Å². The predicted molar refractivity (Wildman–Crippen MR) is 108 cm³/mol. The lowest BCUT2D eigenvalue weighted by molar-refractivity contribution is 0.0646. The summed E-state index contributed by atoms with van der Waals surface area (Å²) >= 11 is 0. The highest BCUT2D eigenvalue weighted by Crippen LogP contribution is 2.19. The first-order valence-electron chi connectivity index (χ1n) is 9.64. The maximum atomic E-state index is 12.8. The molecule has 26 heavy (non-hydrogen) atoms. The molecule has 1 aliphatic rings. The van der Waals surface area contributed by atoms with Crippen molar-refractivity contribution in [2.75, 3.05) is 26.7 Å². The number of hydrogen-bond donors (Lipinski definition) is 0. The fourth-order valence-electron chi connectivity index (χ4n) is 3.92. The second kappa shape index (κ2) is 8.50. The predicted octanol–water partition coefficient (Wildman–Crippen LogP) is 4.08. The summed E-state index contributed by atoms with van der Waals surface area (Å²) in [6.07, 6.45) is 3.20. The molecule has 0 radical (unpaired) electrons. The second-order valence-corrected chi connectivity index (χ2v) is 7.62. The molecule has 3 nitrogen and oxygen atoms in total. The smallest absolute Gasteiger partial charge is 0.253 e. The molecule has 1 saturated heterocycles. The van der Waals surface area contributed by atoms with Crippen molar-refractivity contribution in [2.45, 2.75) is 39.2 Å². The van der Waals surface area contributed by atoms with E-state index in [0.717, 1.165) is 55.6 Å². The zero-order valence-electron chi connectivity index (χ0n) is 16.2. The Balaban J connectivity index is 1.51. The van der Waals surface area contributed by atoms with Crippen LogP contribution in [0.25, 0.3) is 0 Å². The first-order chi connectivity index (χ1) is 12.5. The first kappa shape index (κ1) is 18.7. The van der Waals surface area contributed by atoms with Gasteiger partial charge in [-0.15, -0.1) is 0 Å². The van der Waals surface area contributed by atoms with Gasteiger partial charge in [-0.05, 0) is 57.9 Å². The van der Waals surface area contributed by atoms with Crippen LogP contribution in [0, 0.1) is 13.8 Å². The Morgan fingerprint density at radius 3 is 2.27 bits per heavy atom. The van der Waals surface area contributed by atoms with Gasteiger partial charge in [0.2, 0.25) is 0 Å². The van der Waals surface area contributed by atoms with Crippen LogP contribution >= 0.6 is 0 Å². The van der Waals surface area contributed by atoms with Gasteiger partial charge >= 0.3 is 0 Å². The summed E-state index contributed by atoms with van der Waals surface area (Å²) in [6.45, 7) is 6.88. The van der Waals surface area contributed by atoms with Crippen molar-refractivity contribution in [3.63, 3.8) is 0 Å². The van der Waals surface area contributed by atoms with E-state index in [1.54, 1.807) is 0 Å². The van der Waals surface area contributed by atoms with E-state index in [0.29, 0.717) is 6.04 Å². The van der Waals surface area contributed by atoms with Crippen molar-refractivity contribution in [2.24, 2.45) is 0 Å². The lowest BCUT2D eigenvalue weighted by Gasteiger charge is -2.37. The number of nitrogens with zero attached hydrogens (tertiary/aromatic N) is 2. The van der Waals surface area contributed by atoms with E-state index in [2.05, 4.69) is 62.2 Å². The minimum absolute atomic E-state index is 0.183. The van der Waals surface area contributed by atoms with Crippen molar-refractivity contribution in [3.8, 4) is 0 Å². The number of carbonyl (C=O) groups is 1. The van der Waals surface area contributed by atoms with E-state index in [1.165, 1.54) is 5.56 Å². The molecule has 1 heterocycles. The molecule has 0 aromatic heterocycles. The number of amides is 1. The number of likely N-dealkylation sites (N-methyl/N-ethyl adjacent to an activating group) is 1. The Bertz CT molecular complexity index is 713. The third kappa shape index (κ3) is 4.73. The van der Waals surface area contributed by atoms with Crippen molar-refractivity contribution in [1.82, 2.24) is 9.80 Å². The van der Waals surface area contributed by atoms with Crippen molar-refractivity contribution in [3.05, 3.63) is 70.8 Å². The van der Waals surface area contributed by atoms with Gasteiger partial charge in [-0.1, -0.05) is 47.5 Å². The Morgan fingerprint density at radius 2 is 1.65 bits per heavy atom. The van der Waals surface area contributed by atoms with Gasteiger partial charge in [0, 0.05) is 31.2 Å². The Hall–Kier alpha value is -2.13. The molecule has 2 aromatic carbocycles. The molecule has 0 saturated carbocycles. The van der Waals surface area contributed by atoms with E-state index in [-0.39, 0.29) is 5.91 Å². The monoisotopic (exact) mass is 350 g/mol. The minimum Gasteiger partial charge on any atom is -0.339 e. The van der Waals surface area contributed by atoms with E-state index in [4.69, 9.17) is 0 Å². The molecular weight excluding hydrogens is 320 g/mol. The summed E-state index contributed by atoms with van der Waals surface area (Å²) in [6, 6.07) is 17.4. The number of likely N-dealkylation sites (tertiary alicyclic amines) is 1. The van der Waals surface area contributed by atoms with Gasteiger partial charge in [0.05, 0.1) is 0 Å². The Labute approximate surface area is 157 Å². The molecule has 1 aliphatic heterocycles. The SMILES string of the molecule is Cc1cc(C)cc(C(=O)N2CCC(N(C)CCc3ccccc3)CC2)c1. The molecule has 1 amide bonds. The normalized spacial score (nSPS) is 15.5. The molecule has 3 rings (SSSR count). The number of piperidine rings is 1. The summed E-state index contributed by atoms with van der Waals surface area (Å²) in [7, 11) is 2.22. The van der Waals surface area contributed by atoms with Crippen LogP contribution in [0.1, 0.15) is 39.9 Å². The highest BCUT2D eigenvalue weighted by molar-refractivity contribution is 5.94. The molecule has 138 valence electrons.